The quantitative estimate of drug-likeness (QED) is 0.757. The first-order valence-electron chi connectivity index (χ1n) is 4.66. The number of aryl methyl sites for hydroxylation is 2. The van der Waals surface area contributed by atoms with Crippen LogP contribution in [0.4, 0.5) is 4.79 Å². The Balaban J connectivity index is 2.41. The van der Waals surface area contributed by atoms with Crippen LogP contribution in [-0.2, 0) is 9.53 Å². The van der Waals surface area contributed by atoms with Crippen LogP contribution >= 0.6 is 0 Å². The SMILES string of the molecule is Cc1ccc(C)c([C@H]2OC(=O)NC2=O)c1. The Morgan fingerprint density at radius 3 is 2.60 bits per heavy atom. The van der Waals surface area contributed by atoms with Crippen LogP contribution in [0.15, 0.2) is 18.2 Å². The van der Waals surface area contributed by atoms with E-state index in [1.807, 2.05) is 32.0 Å². The van der Waals surface area contributed by atoms with Gasteiger partial charge in [0.15, 0.2) is 0 Å². The number of ether oxygens (including phenoxy) is 1. The third-order valence-corrected chi connectivity index (χ3v) is 2.41. The molecule has 1 atom stereocenters. The number of cyclic esters (lactones) is 1. The van der Waals surface area contributed by atoms with Crippen LogP contribution in [0.3, 0.4) is 0 Å². The van der Waals surface area contributed by atoms with Gasteiger partial charge in [0.2, 0.25) is 6.10 Å². The molecule has 1 aromatic rings. The average molecular weight is 205 g/mol. The first kappa shape index (κ1) is 9.71. The highest BCUT2D eigenvalue weighted by Crippen LogP contribution is 2.25. The molecule has 1 aromatic carbocycles. The summed E-state index contributed by atoms with van der Waals surface area (Å²) in [6.07, 6.45) is -1.47. The summed E-state index contributed by atoms with van der Waals surface area (Å²) in [7, 11) is 0. The number of amides is 2. The van der Waals surface area contributed by atoms with Gasteiger partial charge in [0.25, 0.3) is 5.91 Å². The average Bonchev–Trinajstić information content (AvgIpc) is 2.50. The zero-order chi connectivity index (χ0) is 11.0. The van der Waals surface area contributed by atoms with E-state index in [2.05, 4.69) is 5.32 Å². The molecule has 0 saturated carbocycles. The number of hydrogen-bond acceptors (Lipinski definition) is 3. The molecule has 0 unspecified atom stereocenters. The van der Waals surface area contributed by atoms with Gasteiger partial charge in [-0.15, -0.1) is 0 Å². The van der Waals surface area contributed by atoms with E-state index in [1.54, 1.807) is 0 Å². The number of nitrogens with one attached hydrogen (secondary N) is 1. The number of alkyl carbamates (subject to hydrolysis) is 1. The minimum absolute atomic E-state index is 0.395. The molecule has 0 bridgehead atoms. The lowest BCUT2D eigenvalue weighted by Gasteiger charge is -2.10. The number of carbonyl (C=O) groups excluding carboxylic acids is 2. The number of imide groups is 1. The van der Waals surface area contributed by atoms with Crippen LogP contribution in [0.2, 0.25) is 0 Å². The molecule has 0 aromatic heterocycles. The molecule has 1 aliphatic rings. The summed E-state index contributed by atoms with van der Waals surface area (Å²) < 4.78 is 4.90. The molecular formula is C11H11NO3. The minimum Gasteiger partial charge on any atom is -0.431 e. The van der Waals surface area contributed by atoms with Crippen molar-refractivity contribution < 1.29 is 14.3 Å². The van der Waals surface area contributed by atoms with E-state index in [4.69, 9.17) is 4.74 Å². The molecule has 1 aliphatic heterocycles. The molecular weight excluding hydrogens is 194 g/mol. The molecule has 78 valence electrons. The fourth-order valence-electron chi connectivity index (χ4n) is 1.60. The van der Waals surface area contributed by atoms with Gasteiger partial charge in [0.1, 0.15) is 0 Å². The number of benzene rings is 1. The van der Waals surface area contributed by atoms with E-state index in [0.29, 0.717) is 0 Å². The summed E-state index contributed by atoms with van der Waals surface area (Å²) in [6.45, 7) is 3.81. The van der Waals surface area contributed by atoms with Crippen molar-refractivity contribution in [2.75, 3.05) is 0 Å². The van der Waals surface area contributed by atoms with Gasteiger partial charge >= 0.3 is 6.09 Å². The molecule has 1 N–H and O–H groups in total. The van der Waals surface area contributed by atoms with Crippen molar-refractivity contribution in [1.82, 2.24) is 5.32 Å². The van der Waals surface area contributed by atoms with Crippen molar-refractivity contribution in [3.05, 3.63) is 34.9 Å². The van der Waals surface area contributed by atoms with Crippen LogP contribution < -0.4 is 5.32 Å². The van der Waals surface area contributed by atoms with Gasteiger partial charge in [0, 0.05) is 5.56 Å². The van der Waals surface area contributed by atoms with E-state index in [-0.39, 0.29) is 0 Å². The molecule has 4 heteroatoms. The topological polar surface area (TPSA) is 55.4 Å². The van der Waals surface area contributed by atoms with Gasteiger partial charge < -0.3 is 4.74 Å². The molecule has 2 rings (SSSR count). The maximum absolute atomic E-state index is 11.4. The molecule has 2 amide bonds. The Labute approximate surface area is 87.2 Å². The smallest absolute Gasteiger partial charge is 0.415 e. The predicted octanol–water partition coefficient (Wildman–Crippen LogP) is 1.61. The summed E-state index contributed by atoms with van der Waals surface area (Å²) in [5.41, 5.74) is 2.72. The van der Waals surface area contributed by atoms with Crippen LogP contribution in [0.25, 0.3) is 0 Å². The Hall–Kier alpha value is -1.84. The first-order chi connectivity index (χ1) is 7.08. The summed E-state index contributed by atoms with van der Waals surface area (Å²) in [5.74, 6) is -0.395. The summed E-state index contributed by atoms with van der Waals surface area (Å²) in [4.78, 5) is 22.3. The van der Waals surface area contributed by atoms with Crippen LogP contribution in [-0.4, -0.2) is 12.0 Å². The van der Waals surface area contributed by atoms with Crippen LogP contribution in [0.1, 0.15) is 22.8 Å². The molecule has 1 heterocycles. The highest BCUT2D eigenvalue weighted by Gasteiger charge is 2.34. The van der Waals surface area contributed by atoms with Crippen molar-refractivity contribution in [3.63, 3.8) is 0 Å². The van der Waals surface area contributed by atoms with Gasteiger partial charge in [0.05, 0.1) is 0 Å². The largest absolute Gasteiger partial charge is 0.431 e. The second-order valence-electron chi connectivity index (χ2n) is 3.63. The first-order valence-corrected chi connectivity index (χ1v) is 4.66. The molecule has 15 heavy (non-hydrogen) atoms. The lowest BCUT2D eigenvalue weighted by Crippen LogP contribution is -2.20. The maximum Gasteiger partial charge on any atom is 0.415 e. The number of hydrogen-bond donors (Lipinski definition) is 1. The minimum atomic E-state index is -0.794. The summed E-state index contributed by atoms with van der Waals surface area (Å²) >= 11 is 0. The zero-order valence-electron chi connectivity index (χ0n) is 8.53. The Bertz CT molecular complexity index is 439. The highest BCUT2D eigenvalue weighted by molar-refractivity contribution is 6.00. The van der Waals surface area contributed by atoms with Crippen LogP contribution in [0.5, 0.6) is 0 Å². The molecule has 0 spiro atoms. The fourth-order valence-corrected chi connectivity index (χ4v) is 1.60. The monoisotopic (exact) mass is 205 g/mol. The maximum atomic E-state index is 11.4. The van der Waals surface area contributed by atoms with Crippen molar-refractivity contribution >= 4 is 12.0 Å². The molecule has 4 nitrogen and oxygen atoms in total. The fraction of sp³-hybridized carbons (Fsp3) is 0.273. The second-order valence-corrected chi connectivity index (χ2v) is 3.63. The summed E-state index contributed by atoms with van der Waals surface area (Å²) in [6, 6.07) is 5.72. The van der Waals surface area contributed by atoms with Crippen molar-refractivity contribution in [2.45, 2.75) is 20.0 Å². The van der Waals surface area contributed by atoms with Crippen molar-refractivity contribution in [1.29, 1.82) is 0 Å². The van der Waals surface area contributed by atoms with Gasteiger partial charge in [-0.05, 0) is 19.4 Å². The molecule has 0 aliphatic carbocycles. The molecule has 1 saturated heterocycles. The standard InChI is InChI=1S/C11H11NO3/c1-6-3-4-7(2)8(5-6)9-10(13)12-11(14)15-9/h3-5,9H,1-2H3,(H,12,13,14)/t9-/m1/s1. The predicted molar refractivity (Wildman–Crippen MR) is 53.3 cm³/mol. The Morgan fingerprint density at radius 2 is 2.00 bits per heavy atom. The molecule has 0 radical (unpaired) electrons. The van der Waals surface area contributed by atoms with E-state index in [1.165, 1.54) is 0 Å². The van der Waals surface area contributed by atoms with E-state index in [0.717, 1.165) is 16.7 Å². The normalized spacial score (nSPS) is 20.0. The number of rotatable bonds is 1. The van der Waals surface area contributed by atoms with Crippen molar-refractivity contribution in [3.8, 4) is 0 Å². The number of carbonyl (C=O) groups is 2. The third-order valence-electron chi connectivity index (χ3n) is 2.41. The van der Waals surface area contributed by atoms with Crippen LogP contribution in [0, 0.1) is 13.8 Å². The summed E-state index contributed by atoms with van der Waals surface area (Å²) in [5, 5.41) is 2.11. The second kappa shape index (κ2) is 3.38. The van der Waals surface area contributed by atoms with E-state index < -0.39 is 18.1 Å². The van der Waals surface area contributed by atoms with Gasteiger partial charge in [-0.2, -0.15) is 0 Å². The van der Waals surface area contributed by atoms with E-state index >= 15 is 0 Å². The van der Waals surface area contributed by atoms with Crippen molar-refractivity contribution in [2.24, 2.45) is 0 Å². The lowest BCUT2D eigenvalue weighted by molar-refractivity contribution is -0.123. The highest BCUT2D eigenvalue weighted by atomic mass is 16.6. The zero-order valence-corrected chi connectivity index (χ0v) is 8.53. The third kappa shape index (κ3) is 1.70. The van der Waals surface area contributed by atoms with Gasteiger partial charge in [-0.1, -0.05) is 23.8 Å². The van der Waals surface area contributed by atoms with E-state index in [9.17, 15) is 9.59 Å². The Kier molecular flexibility index (Phi) is 2.19. The lowest BCUT2D eigenvalue weighted by atomic mass is 10.0. The Morgan fingerprint density at radius 1 is 1.27 bits per heavy atom. The van der Waals surface area contributed by atoms with Gasteiger partial charge in [-0.25, -0.2) is 4.79 Å². The van der Waals surface area contributed by atoms with Gasteiger partial charge in [-0.3, -0.25) is 10.1 Å². The molecule has 1 fully saturated rings.